The molecule has 1 aliphatic rings. The summed E-state index contributed by atoms with van der Waals surface area (Å²) >= 11 is 6.28. The fraction of sp³-hybridized carbons (Fsp3) is 0.318. The number of anilines is 5. The van der Waals surface area contributed by atoms with E-state index in [0.717, 1.165) is 65.9 Å². The zero-order valence-corrected chi connectivity index (χ0v) is 18.3. The topological polar surface area (TPSA) is 60.4 Å². The molecule has 7 nitrogen and oxygen atoms in total. The first-order valence-electron chi connectivity index (χ1n) is 10.00. The Hall–Kier alpha value is -3.06. The van der Waals surface area contributed by atoms with Gasteiger partial charge < -0.3 is 20.0 Å². The van der Waals surface area contributed by atoms with E-state index in [4.69, 9.17) is 21.6 Å². The minimum Gasteiger partial charge on any atom is -0.363 e. The number of rotatable bonds is 5. The monoisotopic (exact) mass is 423 g/mol. The first-order chi connectivity index (χ1) is 14.5. The molecule has 0 unspecified atom stereocenters. The highest BCUT2D eigenvalue weighted by Gasteiger charge is 2.21. The summed E-state index contributed by atoms with van der Waals surface area (Å²) in [6.07, 6.45) is 1.83. The molecule has 0 amide bonds. The van der Waals surface area contributed by atoms with Crippen molar-refractivity contribution in [1.29, 1.82) is 0 Å². The standard InChI is InChI=1S/C22H26ClN7/c1-16-7-8-17(14-18(16)23)25-19-15-21(28(2)3)27-22(26-19)30-12-10-29(11-13-30)20-6-4-5-9-24-20/h4-9,14-15H,10-13H2,1-3H3,(H,25,26,27). The van der Waals surface area contributed by atoms with E-state index < -0.39 is 0 Å². The number of benzene rings is 1. The number of aromatic nitrogens is 3. The maximum atomic E-state index is 6.28. The molecule has 0 radical (unpaired) electrons. The van der Waals surface area contributed by atoms with Crippen molar-refractivity contribution in [2.24, 2.45) is 0 Å². The van der Waals surface area contributed by atoms with E-state index in [1.54, 1.807) is 0 Å². The van der Waals surface area contributed by atoms with Crippen LogP contribution in [0.4, 0.5) is 29.1 Å². The van der Waals surface area contributed by atoms with Crippen molar-refractivity contribution in [3.8, 4) is 0 Å². The van der Waals surface area contributed by atoms with Gasteiger partial charge in [-0.2, -0.15) is 9.97 Å². The Labute approximate surface area is 182 Å². The lowest BCUT2D eigenvalue weighted by atomic mass is 10.2. The number of halogens is 1. The molecule has 0 bridgehead atoms. The molecule has 1 aliphatic heterocycles. The highest BCUT2D eigenvalue weighted by molar-refractivity contribution is 6.31. The third kappa shape index (κ3) is 4.57. The minimum absolute atomic E-state index is 0.725. The van der Waals surface area contributed by atoms with Crippen LogP contribution in [0.1, 0.15) is 5.56 Å². The van der Waals surface area contributed by atoms with Crippen LogP contribution >= 0.6 is 11.6 Å². The SMILES string of the molecule is Cc1ccc(Nc2cc(N(C)C)nc(N3CCN(c4ccccn4)CC3)n2)cc1Cl. The lowest BCUT2D eigenvalue weighted by Crippen LogP contribution is -2.47. The summed E-state index contributed by atoms with van der Waals surface area (Å²) in [4.78, 5) is 20.5. The molecule has 1 aromatic carbocycles. The first-order valence-corrected chi connectivity index (χ1v) is 10.4. The Morgan fingerprint density at radius 1 is 0.967 bits per heavy atom. The molecule has 0 atom stereocenters. The van der Waals surface area contributed by atoms with Gasteiger partial charge in [-0.1, -0.05) is 23.7 Å². The molecule has 4 rings (SSSR count). The molecule has 3 heterocycles. The van der Waals surface area contributed by atoms with Gasteiger partial charge in [-0.25, -0.2) is 4.98 Å². The van der Waals surface area contributed by atoms with Crippen LogP contribution in [0.25, 0.3) is 0 Å². The highest BCUT2D eigenvalue weighted by Crippen LogP contribution is 2.26. The Kier molecular flexibility index (Phi) is 5.90. The number of pyridine rings is 1. The Bertz CT molecular complexity index is 1000. The zero-order valence-electron chi connectivity index (χ0n) is 17.5. The van der Waals surface area contributed by atoms with Crippen molar-refractivity contribution in [2.75, 3.05) is 60.3 Å². The van der Waals surface area contributed by atoms with Crippen LogP contribution in [0.3, 0.4) is 0 Å². The molecular formula is C22H26ClN7. The summed E-state index contributed by atoms with van der Waals surface area (Å²) in [5.74, 6) is 3.34. The summed E-state index contributed by atoms with van der Waals surface area (Å²) in [5, 5.41) is 4.10. The Balaban J connectivity index is 1.53. The van der Waals surface area contributed by atoms with Gasteiger partial charge in [-0.05, 0) is 36.8 Å². The van der Waals surface area contributed by atoms with Gasteiger partial charge in [0.15, 0.2) is 0 Å². The lowest BCUT2D eigenvalue weighted by Gasteiger charge is -2.35. The molecule has 2 aromatic heterocycles. The fourth-order valence-corrected chi connectivity index (χ4v) is 3.53. The van der Waals surface area contributed by atoms with Gasteiger partial charge in [0.1, 0.15) is 17.5 Å². The van der Waals surface area contributed by atoms with Gasteiger partial charge >= 0.3 is 0 Å². The molecule has 3 aromatic rings. The highest BCUT2D eigenvalue weighted by atomic mass is 35.5. The average molecular weight is 424 g/mol. The average Bonchev–Trinajstić information content (AvgIpc) is 2.77. The van der Waals surface area contributed by atoms with Crippen LogP contribution in [-0.2, 0) is 0 Å². The number of hydrogen-bond acceptors (Lipinski definition) is 7. The lowest BCUT2D eigenvalue weighted by molar-refractivity contribution is 0.635. The van der Waals surface area contributed by atoms with Gasteiger partial charge in [0.25, 0.3) is 0 Å². The predicted octanol–water partition coefficient (Wildman–Crippen LogP) is 3.97. The zero-order chi connectivity index (χ0) is 21.1. The largest absolute Gasteiger partial charge is 0.363 e. The molecule has 0 spiro atoms. The smallest absolute Gasteiger partial charge is 0.229 e. The molecule has 0 aliphatic carbocycles. The third-order valence-corrected chi connectivity index (χ3v) is 5.55. The summed E-state index contributed by atoms with van der Waals surface area (Å²) in [6, 6.07) is 13.9. The van der Waals surface area contributed by atoms with Gasteiger partial charge in [-0.15, -0.1) is 0 Å². The van der Waals surface area contributed by atoms with Crippen molar-refractivity contribution >= 4 is 40.7 Å². The van der Waals surface area contributed by atoms with E-state index in [2.05, 4.69) is 20.1 Å². The van der Waals surface area contributed by atoms with E-state index >= 15 is 0 Å². The van der Waals surface area contributed by atoms with Crippen LogP contribution in [0, 0.1) is 6.92 Å². The second kappa shape index (κ2) is 8.75. The van der Waals surface area contributed by atoms with Crippen molar-refractivity contribution in [1.82, 2.24) is 15.0 Å². The van der Waals surface area contributed by atoms with Gasteiger partial charge in [-0.3, -0.25) is 0 Å². The first kappa shape index (κ1) is 20.2. The van der Waals surface area contributed by atoms with Crippen LogP contribution in [0.15, 0.2) is 48.7 Å². The number of nitrogens with one attached hydrogen (secondary N) is 1. The second-order valence-corrected chi connectivity index (χ2v) is 7.96. The molecule has 156 valence electrons. The maximum absolute atomic E-state index is 6.28. The van der Waals surface area contributed by atoms with E-state index in [1.807, 2.05) is 74.6 Å². The fourth-order valence-electron chi connectivity index (χ4n) is 3.35. The van der Waals surface area contributed by atoms with Crippen molar-refractivity contribution < 1.29 is 0 Å². The summed E-state index contributed by atoms with van der Waals surface area (Å²) < 4.78 is 0. The third-order valence-electron chi connectivity index (χ3n) is 5.14. The number of aryl methyl sites for hydroxylation is 1. The molecule has 8 heteroatoms. The van der Waals surface area contributed by atoms with Crippen molar-refractivity contribution in [2.45, 2.75) is 6.92 Å². The van der Waals surface area contributed by atoms with E-state index in [1.165, 1.54) is 0 Å². The number of nitrogens with zero attached hydrogens (tertiary/aromatic N) is 6. The Morgan fingerprint density at radius 3 is 2.40 bits per heavy atom. The van der Waals surface area contributed by atoms with Crippen molar-refractivity contribution in [3.63, 3.8) is 0 Å². The molecule has 1 N–H and O–H groups in total. The van der Waals surface area contributed by atoms with Crippen LogP contribution in [-0.4, -0.2) is 55.2 Å². The summed E-state index contributed by atoms with van der Waals surface area (Å²) in [7, 11) is 3.97. The van der Waals surface area contributed by atoms with Gasteiger partial charge in [0, 0.05) is 63.2 Å². The van der Waals surface area contributed by atoms with E-state index in [0.29, 0.717) is 0 Å². The summed E-state index contributed by atoms with van der Waals surface area (Å²) in [5.41, 5.74) is 1.95. The number of hydrogen-bond donors (Lipinski definition) is 1. The van der Waals surface area contributed by atoms with Crippen LogP contribution in [0.5, 0.6) is 0 Å². The molecule has 1 saturated heterocycles. The number of piperazine rings is 1. The maximum Gasteiger partial charge on any atom is 0.229 e. The van der Waals surface area contributed by atoms with E-state index in [9.17, 15) is 0 Å². The predicted molar refractivity (Wildman–Crippen MR) is 124 cm³/mol. The van der Waals surface area contributed by atoms with Crippen molar-refractivity contribution in [3.05, 3.63) is 59.2 Å². The second-order valence-electron chi connectivity index (χ2n) is 7.56. The van der Waals surface area contributed by atoms with Crippen LogP contribution < -0.4 is 20.0 Å². The van der Waals surface area contributed by atoms with E-state index in [-0.39, 0.29) is 0 Å². The molecule has 0 saturated carbocycles. The summed E-state index contributed by atoms with van der Waals surface area (Å²) in [6.45, 7) is 5.42. The molecule has 30 heavy (non-hydrogen) atoms. The normalized spacial score (nSPS) is 14.0. The minimum atomic E-state index is 0.725. The van der Waals surface area contributed by atoms with Crippen LogP contribution in [0.2, 0.25) is 5.02 Å². The Morgan fingerprint density at radius 2 is 1.73 bits per heavy atom. The molecule has 1 fully saturated rings. The quantitative estimate of drug-likeness (QED) is 0.666. The van der Waals surface area contributed by atoms with Gasteiger partial charge in [0.2, 0.25) is 5.95 Å². The van der Waals surface area contributed by atoms with Gasteiger partial charge in [0.05, 0.1) is 0 Å². The molecular weight excluding hydrogens is 398 g/mol.